The van der Waals surface area contributed by atoms with Crippen LogP contribution in [0.1, 0.15) is 5.01 Å². The number of rotatable bonds is 15. The Hall–Kier alpha value is -5.15. The molecule has 0 spiro atoms. The molecule has 23 nitrogen and oxygen atoms in total. The largest absolute Gasteiger partial charge is 0.480 e. The molecule has 274 valence electrons. The van der Waals surface area contributed by atoms with Crippen LogP contribution < -0.4 is 16.0 Å². The molecule has 27 heteroatoms. The van der Waals surface area contributed by atoms with Gasteiger partial charge in [0.15, 0.2) is 10.4 Å². The normalized spacial score (nSPS) is 20.4. The second kappa shape index (κ2) is 16.0. The minimum absolute atomic E-state index is 0.0310. The Morgan fingerprint density at radius 1 is 1.02 bits per heavy atom. The Bertz CT molecular complexity index is 1940. The predicted octanol–water partition coefficient (Wildman–Crippen LogP) is -2.92. The van der Waals surface area contributed by atoms with Crippen molar-refractivity contribution in [3.8, 4) is 0 Å². The van der Waals surface area contributed by atoms with E-state index in [2.05, 4.69) is 57.2 Å². The number of nitrogens with one attached hydrogen (secondary N) is 3. The van der Waals surface area contributed by atoms with Gasteiger partial charge in [0.05, 0.1) is 0 Å². The van der Waals surface area contributed by atoms with Crippen LogP contribution in [-0.2, 0) is 46.6 Å². The van der Waals surface area contributed by atoms with Crippen molar-refractivity contribution in [3.05, 3.63) is 40.2 Å². The maximum atomic E-state index is 13.8. The van der Waals surface area contributed by atoms with Crippen molar-refractivity contribution in [1.29, 1.82) is 0 Å². The zero-order chi connectivity index (χ0) is 36.9. The highest BCUT2D eigenvalue weighted by molar-refractivity contribution is 8.02. The predicted molar refractivity (Wildman–Crippen MR) is 178 cm³/mol. The Kier molecular flexibility index (Phi) is 11.3. The molecule has 1 fully saturated rings. The number of carbonyl (C=O) groups excluding carboxylic acids is 4. The van der Waals surface area contributed by atoms with Crippen LogP contribution in [0.25, 0.3) is 0 Å². The number of carboxylic acids is 2. The second-order valence-electron chi connectivity index (χ2n) is 10.9. The lowest BCUT2D eigenvalue weighted by molar-refractivity contribution is -0.152. The molecule has 0 bridgehead atoms. The van der Waals surface area contributed by atoms with E-state index in [1.165, 1.54) is 57.1 Å². The Morgan fingerprint density at radius 3 is 2.33 bits per heavy atom. The summed E-state index contributed by atoms with van der Waals surface area (Å²) in [5, 5.41) is 55.5. The van der Waals surface area contributed by atoms with E-state index in [-0.39, 0.29) is 35.9 Å². The van der Waals surface area contributed by atoms with Crippen LogP contribution in [0.15, 0.2) is 39.5 Å². The maximum Gasteiger partial charge on any atom is 0.355 e. The van der Waals surface area contributed by atoms with E-state index in [1.807, 2.05) is 0 Å². The Labute approximate surface area is 307 Å². The number of nitrogens with zero attached hydrogens (tertiary/aromatic N) is 11. The molecule has 0 aromatic carbocycles. The van der Waals surface area contributed by atoms with E-state index >= 15 is 0 Å². The number of thioether (sulfide) groups is 3. The summed E-state index contributed by atoms with van der Waals surface area (Å²) in [7, 11) is 0. The third kappa shape index (κ3) is 8.31. The van der Waals surface area contributed by atoms with Crippen molar-refractivity contribution >= 4 is 82.3 Å². The maximum absolute atomic E-state index is 13.8. The molecule has 3 aromatic rings. The molecule has 0 saturated carbocycles. The summed E-state index contributed by atoms with van der Waals surface area (Å²) in [5.41, 5.74) is 0.241. The number of aryl methyl sites for hydroxylation is 1. The third-order valence-electron chi connectivity index (χ3n) is 7.38. The summed E-state index contributed by atoms with van der Waals surface area (Å²) in [6.45, 7) is 0.688. The molecular formula is C25H26N14O9S4. The monoisotopic (exact) mass is 794 g/mol. The second-order valence-corrected chi connectivity index (χ2v) is 15.6. The van der Waals surface area contributed by atoms with Gasteiger partial charge in [-0.05, 0) is 33.4 Å². The van der Waals surface area contributed by atoms with E-state index in [1.54, 1.807) is 6.92 Å². The molecule has 3 aliphatic heterocycles. The van der Waals surface area contributed by atoms with Gasteiger partial charge in [0.2, 0.25) is 11.8 Å². The SMILES string of the molecule is Cc1nnc(SCC2=C(C(=O)OCC3=C(C(=O)O)N[C@@H]([C@H](NC(=O)Cn4cnnn4)C(=O)O)SC3)N3C(=O)[C@@H](NC(=O)Cn4cnnn4)[C@H]3SC2)s1. The lowest BCUT2D eigenvalue weighted by Crippen LogP contribution is -2.70. The zero-order valence-corrected chi connectivity index (χ0v) is 29.8. The number of aromatic nitrogens is 10. The van der Waals surface area contributed by atoms with Gasteiger partial charge in [-0.2, -0.15) is 0 Å². The first kappa shape index (κ1) is 36.6. The minimum atomic E-state index is -1.55. The fourth-order valence-corrected chi connectivity index (χ4v) is 9.54. The smallest absolute Gasteiger partial charge is 0.355 e. The average Bonchev–Trinajstić information content (AvgIpc) is 3.91. The van der Waals surface area contributed by atoms with Crippen molar-refractivity contribution in [2.45, 2.75) is 47.2 Å². The number of tetrazole rings is 2. The van der Waals surface area contributed by atoms with Gasteiger partial charge in [0.25, 0.3) is 5.91 Å². The summed E-state index contributed by atoms with van der Waals surface area (Å²) >= 11 is 5.01. The van der Waals surface area contributed by atoms with Crippen LogP contribution in [0, 0.1) is 6.92 Å². The van der Waals surface area contributed by atoms with E-state index < -0.39 is 70.8 Å². The van der Waals surface area contributed by atoms with Crippen LogP contribution in [0.3, 0.4) is 0 Å². The van der Waals surface area contributed by atoms with Crippen LogP contribution in [0.4, 0.5) is 0 Å². The fraction of sp³-hybridized carbons (Fsp3) is 0.440. The van der Waals surface area contributed by atoms with E-state index in [9.17, 15) is 39.0 Å². The number of hydrogen-bond donors (Lipinski definition) is 5. The standard InChI is InChI=1S/C25H26N14O9S4/c1-10-31-32-25(52-10)51-7-12-6-50-21-17(29-14(41)3-38-9-27-34-36-38)20(42)39(21)18(12)24(47)48-4-11-5-49-19(30-15(11)22(43)44)16(23(45)46)28-13(40)2-37-8-26-33-35-37/h8-9,16-17,19,21,30H,2-7H2,1H3,(H,28,40)(H,29,41)(H,43,44)(H,45,46)/t16-,17+,19+,21+/m0/s1. The molecule has 3 aromatic heterocycles. The fourth-order valence-electron chi connectivity index (χ4n) is 5.05. The molecule has 3 aliphatic rings. The van der Waals surface area contributed by atoms with E-state index in [0.717, 1.165) is 21.5 Å². The van der Waals surface area contributed by atoms with Crippen LogP contribution >= 0.6 is 46.6 Å². The van der Waals surface area contributed by atoms with Crippen LogP contribution in [0.2, 0.25) is 0 Å². The van der Waals surface area contributed by atoms with Gasteiger partial charge in [-0.25, -0.2) is 23.7 Å². The molecule has 6 rings (SSSR count). The number of esters is 1. The third-order valence-corrected chi connectivity index (χ3v) is 12.0. The molecular weight excluding hydrogens is 769 g/mol. The highest BCUT2D eigenvalue weighted by Gasteiger charge is 2.54. The van der Waals surface area contributed by atoms with Gasteiger partial charge in [0, 0.05) is 22.8 Å². The summed E-state index contributed by atoms with van der Waals surface area (Å²) < 4.78 is 8.53. The number of hydrogen-bond acceptors (Lipinski definition) is 20. The number of carbonyl (C=O) groups is 6. The minimum Gasteiger partial charge on any atom is -0.480 e. The van der Waals surface area contributed by atoms with Crippen LogP contribution in [0.5, 0.6) is 0 Å². The molecule has 4 atom stereocenters. The molecule has 0 radical (unpaired) electrons. The number of β-lactam (4-membered cyclic amide) rings is 1. The molecule has 3 amide bonds. The highest BCUT2D eigenvalue weighted by Crippen LogP contribution is 2.42. The zero-order valence-electron chi connectivity index (χ0n) is 26.5. The highest BCUT2D eigenvalue weighted by atomic mass is 32.2. The number of aliphatic carboxylic acids is 2. The van der Waals surface area contributed by atoms with Crippen molar-refractivity contribution in [1.82, 2.24) is 71.5 Å². The van der Waals surface area contributed by atoms with E-state index in [4.69, 9.17) is 4.74 Å². The molecule has 0 unspecified atom stereocenters. The summed E-state index contributed by atoms with van der Waals surface area (Å²) in [6, 6.07) is -2.49. The van der Waals surface area contributed by atoms with Gasteiger partial charge >= 0.3 is 17.9 Å². The number of fused-ring (bicyclic) bond motifs is 1. The van der Waals surface area contributed by atoms with Gasteiger partial charge in [0.1, 0.15) is 65.5 Å². The Morgan fingerprint density at radius 2 is 1.71 bits per heavy atom. The number of amides is 3. The molecule has 6 heterocycles. The molecule has 0 aliphatic carbocycles. The summed E-state index contributed by atoms with van der Waals surface area (Å²) in [6.07, 6.45) is 2.42. The average molecular weight is 795 g/mol. The summed E-state index contributed by atoms with van der Waals surface area (Å²) in [4.78, 5) is 77.9. The van der Waals surface area contributed by atoms with Gasteiger partial charge < -0.3 is 30.9 Å². The first-order valence-electron chi connectivity index (χ1n) is 14.8. The van der Waals surface area contributed by atoms with Crippen molar-refractivity contribution in [2.24, 2.45) is 0 Å². The molecule has 52 heavy (non-hydrogen) atoms. The number of ether oxygens (including phenoxy) is 1. The van der Waals surface area contributed by atoms with Gasteiger partial charge in [-0.1, -0.05) is 23.1 Å². The Balaban J connectivity index is 1.15. The van der Waals surface area contributed by atoms with Crippen molar-refractivity contribution in [2.75, 3.05) is 23.9 Å². The molecule has 1 saturated heterocycles. The quantitative estimate of drug-likeness (QED) is 0.0585. The first-order chi connectivity index (χ1) is 25.0. The van der Waals surface area contributed by atoms with Crippen molar-refractivity contribution in [3.63, 3.8) is 0 Å². The van der Waals surface area contributed by atoms with Crippen molar-refractivity contribution < 1.29 is 43.7 Å². The first-order valence-corrected chi connectivity index (χ1v) is 18.7. The van der Waals surface area contributed by atoms with Crippen LogP contribution in [-0.4, -0.2) is 148 Å². The van der Waals surface area contributed by atoms with E-state index in [0.29, 0.717) is 15.7 Å². The topological polar surface area (TPSA) is 304 Å². The number of carboxylic acid groups (broad SMARTS) is 2. The van der Waals surface area contributed by atoms with Gasteiger partial charge in [-0.3, -0.25) is 19.3 Å². The van der Waals surface area contributed by atoms with Gasteiger partial charge in [-0.15, -0.1) is 43.9 Å². The molecule has 5 N–H and O–H groups in total. The summed E-state index contributed by atoms with van der Waals surface area (Å²) in [5.74, 6) is -5.08. The lowest BCUT2D eigenvalue weighted by Gasteiger charge is -2.49. The lowest BCUT2D eigenvalue weighted by atomic mass is 10.0.